The van der Waals surface area contributed by atoms with Crippen LogP contribution < -0.4 is 21.9 Å². The second-order valence-electron chi connectivity index (χ2n) is 7.10. The van der Waals surface area contributed by atoms with E-state index < -0.39 is 32.3 Å². The van der Waals surface area contributed by atoms with E-state index in [1.54, 1.807) is 42.5 Å². The molecule has 9 heteroatoms. The first-order valence-electron chi connectivity index (χ1n) is 9.48. The molecule has 0 bridgehead atoms. The summed E-state index contributed by atoms with van der Waals surface area (Å²) in [6.07, 6.45) is 2.39. The van der Waals surface area contributed by atoms with Crippen molar-refractivity contribution in [2.75, 3.05) is 11.1 Å². The minimum absolute atomic E-state index is 0.00779. The Morgan fingerprint density at radius 2 is 1.62 bits per heavy atom. The van der Waals surface area contributed by atoms with Crippen molar-refractivity contribution in [2.45, 2.75) is 11.8 Å². The van der Waals surface area contributed by atoms with E-state index in [9.17, 15) is 18.0 Å². The number of nitrogen functional groups attached to an aromatic ring is 1. The number of hydrogen-bond acceptors (Lipinski definition) is 5. The Balaban J connectivity index is 2.13. The monoisotopic (exact) mass is 450 g/mol. The van der Waals surface area contributed by atoms with Crippen LogP contribution in [0.15, 0.2) is 71.6 Å². The van der Waals surface area contributed by atoms with Gasteiger partial charge in [-0.25, -0.2) is 13.6 Å². The van der Waals surface area contributed by atoms with Gasteiger partial charge in [0, 0.05) is 17.3 Å². The highest BCUT2D eigenvalue weighted by molar-refractivity contribution is 7.89. The van der Waals surface area contributed by atoms with Crippen molar-refractivity contribution in [1.29, 1.82) is 0 Å². The maximum Gasteiger partial charge on any atom is 0.252 e. The van der Waals surface area contributed by atoms with Gasteiger partial charge >= 0.3 is 0 Å². The number of rotatable bonds is 6. The number of primary sulfonamides is 1. The quantitative estimate of drug-likeness (QED) is 0.335. The summed E-state index contributed by atoms with van der Waals surface area (Å²) in [5.74, 6) is -1.56. The molecule has 3 rings (SSSR count). The summed E-state index contributed by atoms with van der Waals surface area (Å²) in [7, 11) is -4.41. The van der Waals surface area contributed by atoms with Gasteiger partial charge in [-0.2, -0.15) is 0 Å². The zero-order chi connectivity index (χ0) is 23.5. The number of amides is 2. The Morgan fingerprint density at radius 1 is 1.00 bits per heavy atom. The van der Waals surface area contributed by atoms with Crippen molar-refractivity contribution in [1.82, 2.24) is 0 Å². The summed E-state index contributed by atoms with van der Waals surface area (Å²) < 4.78 is 24.7. The lowest BCUT2D eigenvalue weighted by atomic mass is 9.96. The van der Waals surface area contributed by atoms with Crippen LogP contribution in [-0.4, -0.2) is 20.2 Å². The van der Waals surface area contributed by atoms with Crippen molar-refractivity contribution in [3.05, 3.63) is 83.4 Å². The normalized spacial score (nSPS) is 11.4. The zero-order valence-corrected chi connectivity index (χ0v) is 18.0. The molecule has 0 unspecified atom stereocenters. The topological polar surface area (TPSA) is 158 Å². The molecule has 2 amide bonds. The Morgan fingerprint density at radius 3 is 2.19 bits per heavy atom. The summed E-state index contributed by atoms with van der Waals surface area (Å²) >= 11 is 0. The second-order valence-corrected chi connectivity index (χ2v) is 8.59. The Labute approximate surface area is 185 Å². The standard InChI is InChI=1S/C23H22N4O4S/c1-14-7-10-17(11-8-14)27-19(28)12-9-16-13-18(15-5-3-2-4-6-15)21(24)20(23(25)29)22(16)32(26,30)31/h2-13H,24H2,1H3,(H2,25,29)(H,27,28)(H2,26,30,31)/b12-9+. The van der Waals surface area contributed by atoms with Crippen molar-refractivity contribution in [3.8, 4) is 11.1 Å². The number of anilines is 2. The molecular weight excluding hydrogens is 428 g/mol. The Kier molecular flexibility index (Phi) is 6.42. The van der Waals surface area contributed by atoms with E-state index in [0.29, 0.717) is 16.8 Å². The molecule has 0 spiro atoms. The summed E-state index contributed by atoms with van der Waals surface area (Å²) in [6, 6.07) is 17.4. The van der Waals surface area contributed by atoms with Crippen LogP contribution in [0, 0.1) is 6.92 Å². The average Bonchev–Trinajstić information content (AvgIpc) is 2.73. The van der Waals surface area contributed by atoms with Crippen LogP contribution in [0.3, 0.4) is 0 Å². The van der Waals surface area contributed by atoms with Crippen molar-refractivity contribution >= 4 is 39.3 Å². The molecule has 0 atom stereocenters. The van der Waals surface area contributed by atoms with Crippen LogP contribution in [0.2, 0.25) is 0 Å². The fourth-order valence-corrected chi connectivity index (χ4v) is 4.17. The summed E-state index contributed by atoms with van der Waals surface area (Å²) in [4.78, 5) is 24.0. The van der Waals surface area contributed by atoms with E-state index in [1.807, 2.05) is 19.1 Å². The molecule has 3 aromatic carbocycles. The number of nitrogens with one attached hydrogen (secondary N) is 1. The highest BCUT2D eigenvalue weighted by atomic mass is 32.2. The van der Waals surface area contributed by atoms with Crippen LogP contribution in [-0.2, 0) is 14.8 Å². The number of nitrogens with two attached hydrogens (primary N) is 3. The molecule has 0 aliphatic rings. The lowest BCUT2D eigenvalue weighted by Crippen LogP contribution is -2.24. The van der Waals surface area contributed by atoms with Gasteiger partial charge in [0.2, 0.25) is 15.9 Å². The van der Waals surface area contributed by atoms with E-state index in [1.165, 1.54) is 12.1 Å². The minimum atomic E-state index is -4.41. The molecule has 7 N–H and O–H groups in total. The lowest BCUT2D eigenvalue weighted by molar-refractivity contribution is -0.111. The molecule has 0 aliphatic carbocycles. The molecule has 3 aromatic rings. The zero-order valence-electron chi connectivity index (χ0n) is 17.2. The highest BCUT2D eigenvalue weighted by Crippen LogP contribution is 2.35. The van der Waals surface area contributed by atoms with Gasteiger partial charge in [-0.3, -0.25) is 9.59 Å². The van der Waals surface area contributed by atoms with E-state index >= 15 is 0 Å². The third kappa shape index (κ3) is 5.02. The maximum absolute atomic E-state index is 12.4. The fourth-order valence-electron chi connectivity index (χ4n) is 3.22. The van der Waals surface area contributed by atoms with Crippen molar-refractivity contribution in [3.63, 3.8) is 0 Å². The number of hydrogen-bond donors (Lipinski definition) is 4. The van der Waals surface area contributed by atoms with Gasteiger partial charge < -0.3 is 16.8 Å². The molecule has 0 saturated heterocycles. The van der Waals surface area contributed by atoms with Crippen molar-refractivity contribution in [2.24, 2.45) is 10.9 Å². The SMILES string of the molecule is Cc1ccc(NC(=O)/C=C/c2cc(-c3ccccc3)c(N)c(C(N)=O)c2S(N)(=O)=O)cc1. The smallest absolute Gasteiger partial charge is 0.252 e. The van der Waals surface area contributed by atoms with Gasteiger partial charge in [0.1, 0.15) is 4.90 Å². The van der Waals surface area contributed by atoms with Crippen LogP contribution in [0.4, 0.5) is 11.4 Å². The minimum Gasteiger partial charge on any atom is -0.398 e. The average molecular weight is 451 g/mol. The van der Waals surface area contributed by atoms with Gasteiger partial charge in [-0.05, 0) is 42.3 Å². The van der Waals surface area contributed by atoms with E-state index in [0.717, 1.165) is 11.6 Å². The number of primary amides is 1. The Bertz CT molecular complexity index is 1320. The summed E-state index contributed by atoms with van der Waals surface area (Å²) in [5.41, 5.74) is 13.7. The van der Waals surface area contributed by atoms with Gasteiger partial charge in [-0.15, -0.1) is 0 Å². The third-order valence-electron chi connectivity index (χ3n) is 4.70. The van der Waals surface area contributed by atoms with Gasteiger partial charge in [0.25, 0.3) is 5.91 Å². The van der Waals surface area contributed by atoms with Crippen LogP contribution >= 0.6 is 0 Å². The molecule has 0 aromatic heterocycles. The fraction of sp³-hybridized carbons (Fsp3) is 0.0435. The number of aryl methyl sites for hydroxylation is 1. The van der Waals surface area contributed by atoms with E-state index in [2.05, 4.69) is 5.32 Å². The van der Waals surface area contributed by atoms with Crippen LogP contribution in [0.1, 0.15) is 21.5 Å². The predicted molar refractivity (Wildman–Crippen MR) is 125 cm³/mol. The number of carbonyl (C=O) groups excluding carboxylic acids is 2. The first kappa shape index (κ1) is 22.7. The van der Waals surface area contributed by atoms with Gasteiger partial charge in [0.15, 0.2) is 0 Å². The summed E-state index contributed by atoms with van der Waals surface area (Å²) in [6.45, 7) is 1.92. The third-order valence-corrected chi connectivity index (χ3v) is 5.71. The maximum atomic E-state index is 12.4. The molecule has 0 saturated carbocycles. The lowest BCUT2D eigenvalue weighted by Gasteiger charge is -2.16. The molecule has 32 heavy (non-hydrogen) atoms. The van der Waals surface area contributed by atoms with E-state index in [-0.39, 0.29) is 11.3 Å². The van der Waals surface area contributed by atoms with Crippen LogP contribution in [0.25, 0.3) is 17.2 Å². The van der Waals surface area contributed by atoms with E-state index in [4.69, 9.17) is 16.6 Å². The van der Waals surface area contributed by atoms with Crippen molar-refractivity contribution < 1.29 is 18.0 Å². The summed E-state index contributed by atoms with van der Waals surface area (Å²) in [5, 5.41) is 8.04. The predicted octanol–water partition coefficient (Wildman–Crippen LogP) is 2.64. The molecule has 0 fully saturated rings. The Hall–Kier alpha value is -3.95. The molecule has 0 aliphatic heterocycles. The largest absolute Gasteiger partial charge is 0.398 e. The number of sulfonamides is 1. The first-order valence-corrected chi connectivity index (χ1v) is 11.0. The van der Waals surface area contributed by atoms with Gasteiger partial charge in [-0.1, -0.05) is 48.0 Å². The number of carbonyl (C=O) groups is 2. The highest BCUT2D eigenvalue weighted by Gasteiger charge is 2.26. The molecule has 0 heterocycles. The molecular formula is C23H22N4O4S. The molecule has 0 radical (unpaired) electrons. The first-order chi connectivity index (χ1) is 15.1. The van der Waals surface area contributed by atoms with Gasteiger partial charge in [0.05, 0.1) is 11.3 Å². The second kappa shape index (κ2) is 9.04. The number of benzene rings is 3. The molecule has 8 nitrogen and oxygen atoms in total. The molecule has 164 valence electrons. The van der Waals surface area contributed by atoms with Crippen LogP contribution in [0.5, 0.6) is 0 Å².